The number of nitrogens with zero attached hydrogens (tertiary/aromatic N) is 4. The summed E-state index contributed by atoms with van der Waals surface area (Å²) in [5, 5.41) is 14.1. The van der Waals surface area contributed by atoms with Crippen LogP contribution >= 0.6 is 0 Å². The molecule has 1 aromatic heterocycles. The van der Waals surface area contributed by atoms with Gasteiger partial charge in [0.1, 0.15) is 6.04 Å². The average molecular weight is 359 g/mol. The molecule has 1 N–H and O–H groups in total. The highest BCUT2D eigenvalue weighted by atomic mass is 16.5. The molecule has 0 unspecified atom stereocenters. The van der Waals surface area contributed by atoms with Crippen LogP contribution in [0.2, 0.25) is 0 Å². The van der Waals surface area contributed by atoms with Crippen molar-refractivity contribution >= 4 is 11.9 Å². The van der Waals surface area contributed by atoms with E-state index in [1.165, 1.54) is 0 Å². The number of amides is 1. The molecule has 0 aliphatic heterocycles. The SMILES string of the molecule is CCCn1nnnc1COC(=O)[C@@H](NC(=O)Cc1ccccc1)C(C)C. The zero-order valence-corrected chi connectivity index (χ0v) is 15.4. The van der Waals surface area contributed by atoms with Crippen LogP contribution < -0.4 is 5.32 Å². The van der Waals surface area contributed by atoms with Crippen LogP contribution in [-0.4, -0.2) is 38.1 Å². The van der Waals surface area contributed by atoms with Gasteiger partial charge >= 0.3 is 5.97 Å². The Balaban J connectivity index is 1.92. The molecule has 2 aromatic rings. The van der Waals surface area contributed by atoms with E-state index in [0.29, 0.717) is 12.4 Å². The fraction of sp³-hybridized carbons (Fsp3) is 0.500. The summed E-state index contributed by atoms with van der Waals surface area (Å²) in [6, 6.07) is 8.66. The third-order valence-electron chi connectivity index (χ3n) is 3.83. The summed E-state index contributed by atoms with van der Waals surface area (Å²) >= 11 is 0. The van der Waals surface area contributed by atoms with Crippen LogP contribution in [0.4, 0.5) is 0 Å². The smallest absolute Gasteiger partial charge is 0.329 e. The summed E-state index contributed by atoms with van der Waals surface area (Å²) in [7, 11) is 0. The van der Waals surface area contributed by atoms with Crippen LogP contribution in [0, 0.1) is 5.92 Å². The largest absolute Gasteiger partial charge is 0.456 e. The first-order chi connectivity index (χ1) is 12.5. The van der Waals surface area contributed by atoms with Crippen LogP contribution in [0.1, 0.15) is 38.6 Å². The minimum absolute atomic E-state index is 0.0242. The number of aromatic nitrogens is 4. The molecule has 0 saturated carbocycles. The lowest BCUT2D eigenvalue weighted by atomic mass is 10.0. The second-order valence-electron chi connectivity index (χ2n) is 6.38. The average Bonchev–Trinajstić information content (AvgIpc) is 3.06. The number of tetrazole rings is 1. The molecular formula is C18H25N5O3. The quantitative estimate of drug-likeness (QED) is 0.681. The monoisotopic (exact) mass is 359 g/mol. The second kappa shape index (κ2) is 9.65. The van der Waals surface area contributed by atoms with Gasteiger partial charge in [0.05, 0.1) is 6.42 Å². The minimum atomic E-state index is -0.721. The number of aryl methyl sites for hydroxylation is 1. The zero-order chi connectivity index (χ0) is 18.9. The van der Waals surface area contributed by atoms with Gasteiger partial charge in [0.2, 0.25) is 5.91 Å². The lowest BCUT2D eigenvalue weighted by Crippen LogP contribution is -2.45. The Bertz CT molecular complexity index is 715. The Hall–Kier alpha value is -2.77. The predicted molar refractivity (Wildman–Crippen MR) is 94.8 cm³/mol. The molecule has 140 valence electrons. The fourth-order valence-corrected chi connectivity index (χ4v) is 2.44. The highest BCUT2D eigenvalue weighted by molar-refractivity contribution is 5.85. The molecule has 1 atom stereocenters. The molecule has 0 bridgehead atoms. The van der Waals surface area contributed by atoms with E-state index in [2.05, 4.69) is 20.8 Å². The number of ether oxygens (including phenoxy) is 1. The zero-order valence-electron chi connectivity index (χ0n) is 15.4. The number of nitrogens with one attached hydrogen (secondary N) is 1. The lowest BCUT2D eigenvalue weighted by molar-refractivity contribution is -0.150. The Morgan fingerprint density at radius 3 is 2.62 bits per heavy atom. The number of rotatable bonds is 9. The lowest BCUT2D eigenvalue weighted by Gasteiger charge is -2.20. The molecule has 26 heavy (non-hydrogen) atoms. The second-order valence-corrected chi connectivity index (χ2v) is 6.38. The van der Waals surface area contributed by atoms with E-state index in [1.54, 1.807) is 4.68 Å². The van der Waals surface area contributed by atoms with Gasteiger partial charge in [-0.1, -0.05) is 51.1 Å². The van der Waals surface area contributed by atoms with Crippen molar-refractivity contribution in [1.82, 2.24) is 25.5 Å². The molecule has 8 nitrogen and oxygen atoms in total. The summed E-state index contributed by atoms with van der Waals surface area (Å²) in [5.74, 6) is -0.331. The number of hydrogen-bond acceptors (Lipinski definition) is 6. The Morgan fingerprint density at radius 2 is 1.96 bits per heavy atom. The molecule has 2 rings (SSSR count). The molecule has 0 aliphatic rings. The topological polar surface area (TPSA) is 99.0 Å². The molecule has 8 heteroatoms. The molecule has 1 heterocycles. The van der Waals surface area contributed by atoms with E-state index in [-0.39, 0.29) is 24.9 Å². The first-order valence-corrected chi connectivity index (χ1v) is 8.76. The van der Waals surface area contributed by atoms with E-state index < -0.39 is 12.0 Å². The molecule has 0 saturated heterocycles. The summed E-state index contributed by atoms with van der Waals surface area (Å²) < 4.78 is 6.93. The van der Waals surface area contributed by atoms with Crippen LogP contribution in [0.15, 0.2) is 30.3 Å². The first-order valence-electron chi connectivity index (χ1n) is 8.76. The highest BCUT2D eigenvalue weighted by Crippen LogP contribution is 2.08. The molecule has 0 radical (unpaired) electrons. The van der Waals surface area contributed by atoms with Gasteiger partial charge < -0.3 is 10.1 Å². The normalized spacial score (nSPS) is 12.0. The van der Waals surface area contributed by atoms with Gasteiger partial charge in [0.25, 0.3) is 0 Å². The van der Waals surface area contributed by atoms with Gasteiger partial charge in [-0.25, -0.2) is 9.48 Å². The summed E-state index contributed by atoms with van der Waals surface area (Å²) in [5.41, 5.74) is 0.889. The van der Waals surface area contributed by atoms with Crippen molar-refractivity contribution in [2.45, 2.75) is 52.8 Å². The molecule has 1 aromatic carbocycles. The summed E-state index contributed by atoms with van der Waals surface area (Å²) in [4.78, 5) is 24.7. The van der Waals surface area contributed by atoms with Crippen molar-refractivity contribution in [3.63, 3.8) is 0 Å². The van der Waals surface area contributed by atoms with Crippen molar-refractivity contribution in [1.29, 1.82) is 0 Å². The maximum atomic E-state index is 12.4. The molecule has 1 amide bonds. The molecule has 0 spiro atoms. The van der Waals surface area contributed by atoms with E-state index in [1.807, 2.05) is 51.1 Å². The van der Waals surface area contributed by atoms with Crippen LogP contribution in [0.5, 0.6) is 0 Å². The number of carbonyl (C=O) groups is 2. The Kier molecular flexibility index (Phi) is 7.25. The maximum absolute atomic E-state index is 12.4. The summed E-state index contributed by atoms with van der Waals surface area (Å²) in [6.45, 7) is 6.35. The van der Waals surface area contributed by atoms with Crippen LogP contribution in [0.25, 0.3) is 0 Å². The van der Waals surface area contributed by atoms with Gasteiger partial charge in [0, 0.05) is 6.54 Å². The van der Waals surface area contributed by atoms with Crippen molar-refractivity contribution in [2.75, 3.05) is 0 Å². The fourth-order valence-electron chi connectivity index (χ4n) is 2.44. The Labute approximate surface area is 152 Å². The van der Waals surface area contributed by atoms with E-state index >= 15 is 0 Å². The van der Waals surface area contributed by atoms with Crippen molar-refractivity contribution in [3.05, 3.63) is 41.7 Å². The number of benzene rings is 1. The van der Waals surface area contributed by atoms with Crippen LogP contribution in [0.3, 0.4) is 0 Å². The number of hydrogen-bond donors (Lipinski definition) is 1. The van der Waals surface area contributed by atoms with Gasteiger partial charge in [-0.05, 0) is 28.3 Å². The Morgan fingerprint density at radius 1 is 1.23 bits per heavy atom. The van der Waals surface area contributed by atoms with Gasteiger partial charge in [0.15, 0.2) is 12.4 Å². The third-order valence-corrected chi connectivity index (χ3v) is 3.83. The molecule has 0 aliphatic carbocycles. The standard InChI is InChI=1S/C18H25N5O3/c1-4-10-23-15(20-21-22-23)12-26-18(25)17(13(2)3)19-16(24)11-14-8-6-5-7-9-14/h5-9,13,17H,4,10-12H2,1-3H3,(H,19,24)/t17-/m0/s1. The van der Waals surface area contributed by atoms with Crippen molar-refractivity contribution in [3.8, 4) is 0 Å². The van der Waals surface area contributed by atoms with E-state index in [9.17, 15) is 9.59 Å². The first kappa shape index (κ1) is 19.6. The van der Waals surface area contributed by atoms with Gasteiger partial charge in [-0.3, -0.25) is 4.79 Å². The molecule has 0 fully saturated rings. The van der Waals surface area contributed by atoms with Gasteiger partial charge in [-0.2, -0.15) is 0 Å². The number of esters is 1. The predicted octanol–water partition coefficient (Wildman–Crippen LogP) is 1.51. The van der Waals surface area contributed by atoms with Crippen LogP contribution in [-0.2, 0) is 33.9 Å². The number of carbonyl (C=O) groups excluding carboxylic acids is 2. The maximum Gasteiger partial charge on any atom is 0.329 e. The van der Waals surface area contributed by atoms with E-state index in [4.69, 9.17) is 4.74 Å². The minimum Gasteiger partial charge on any atom is -0.456 e. The molecular weight excluding hydrogens is 334 g/mol. The van der Waals surface area contributed by atoms with E-state index in [0.717, 1.165) is 12.0 Å². The van der Waals surface area contributed by atoms with Crippen molar-refractivity contribution in [2.24, 2.45) is 5.92 Å². The highest BCUT2D eigenvalue weighted by Gasteiger charge is 2.26. The van der Waals surface area contributed by atoms with Gasteiger partial charge in [-0.15, -0.1) is 5.10 Å². The summed E-state index contributed by atoms with van der Waals surface area (Å²) in [6.07, 6.45) is 1.09. The third kappa shape index (κ3) is 5.65. The van der Waals surface area contributed by atoms with Crippen molar-refractivity contribution < 1.29 is 14.3 Å².